The normalized spacial score (nSPS) is 18.1. The number of aliphatic hydroxyl groups is 1. The molecule has 1 atom stereocenters. The van der Waals surface area contributed by atoms with Gasteiger partial charge in [-0.15, -0.1) is 0 Å². The third-order valence-electron chi connectivity index (χ3n) is 4.10. The maximum atomic E-state index is 9.89. The summed E-state index contributed by atoms with van der Waals surface area (Å²) in [5.41, 5.74) is 2.17. The fourth-order valence-corrected chi connectivity index (χ4v) is 2.93. The van der Waals surface area contributed by atoms with Gasteiger partial charge in [-0.1, -0.05) is 5.16 Å². The molecule has 1 saturated heterocycles. The predicted molar refractivity (Wildman–Crippen MR) is 87.4 cm³/mol. The Labute approximate surface area is 138 Å². The van der Waals surface area contributed by atoms with Gasteiger partial charge in [-0.3, -0.25) is 0 Å². The Hall–Kier alpha value is -2.67. The van der Waals surface area contributed by atoms with Crippen molar-refractivity contribution < 1.29 is 14.0 Å². The van der Waals surface area contributed by atoms with Crippen LogP contribution < -0.4 is 4.90 Å². The summed E-state index contributed by atoms with van der Waals surface area (Å²) in [5, 5.41) is 13.8. The number of anilines is 1. The van der Waals surface area contributed by atoms with Crippen LogP contribution in [-0.2, 0) is 0 Å². The standard InChI is InChI=1S/C17H18N4O3/c1-11-8-15(24-20-11)13-9-18-17(21-6-2-4-12(22)10-21)19-16(13)14-5-3-7-23-14/h3,5,7-9,12,22H,2,4,6,10H2,1H3/t12-/m0/s1. The van der Waals surface area contributed by atoms with Crippen molar-refractivity contribution in [3.8, 4) is 22.8 Å². The highest BCUT2D eigenvalue weighted by Crippen LogP contribution is 2.32. The summed E-state index contributed by atoms with van der Waals surface area (Å²) in [5.74, 6) is 1.82. The van der Waals surface area contributed by atoms with E-state index in [4.69, 9.17) is 8.94 Å². The predicted octanol–water partition coefficient (Wildman–Crippen LogP) is 2.66. The molecule has 0 amide bonds. The van der Waals surface area contributed by atoms with Crippen molar-refractivity contribution in [1.29, 1.82) is 0 Å². The Balaban J connectivity index is 1.78. The van der Waals surface area contributed by atoms with Crippen LogP contribution in [0.1, 0.15) is 18.5 Å². The SMILES string of the molecule is Cc1cc(-c2cnc(N3CCC[C@H](O)C3)nc2-c2ccco2)on1. The van der Waals surface area contributed by atoms with Gasteiger partial charge in [0.2, 0.25) is 5.95 Å². The van der Waals surface area contributed by atoms with E-state index in [9.17, 15) is 5.11 Å². The number of aliphatic hydroxyl groups excluding tert-OH is 1. The van der Waals surface area contributed by atoms with Crippen LogP contribution in [0.5, 0.6) is 0 Å². The van der Waals surface area contributed by atoms with Crippen LogP contribution in [0.2, 0.25) is 0 Å². The van der Waals surface area contributed by atoms with Crippen molar-refractivity contribution >= 4 is 5.95 Å². The topological polar surface area (TPSA) is 88.4 Å². The van der Waals surface area contributed by atoms with Gasteiger partial charge < -0.3 is 18.9 Å². The maximum absolute atomic E-state index is 9.89. The van der Waals surface area contributed by atoms with Gasteiger partial charge in [0.25, 0.3) is 0 Å². The zero-order valence-electron chi connectivity index (χ0n) is 13.3. The van der Waals surface area contributed by atoms with Gasteiger partial charge in [-0.2, -0.15) is 0 Å². The highest BCUT2D eigenvalue weighted by molar-refractivity contribution is 5.75. The fourth-order valence-electron chi connectivity index (χ4n) is 2.93. The number of hydrogen-bond acceptors (Lipinski definition) is 7. The summed E-state index contributed by atoms with van der Waals surface area (Å²) in [6.45, 7) is 3.23. The fraction of sp³-hybridized carbons (Fsp3) is 0.353. The monoisotopic (exact) mass is 326 g/mol. The minimum atomic E-state index is -0.342. The zero-order valence-corrected chi connectivity index (χ0v) is 13.3. The lowest BCUT2D eigenvalue weighted by molar-refractivity contribution is 0.153. The first-order valence-corrected chi connectivity index (χ1v) is 7.98. The first-order valence-electron chi connectivity index (χ1n) is 7.98. The smallest absolute Gasteiger partial charge is 0.226 e. The van der Waals surface area contributed by atoms with E-state index < -0.39 is 0 Å². The van der Waals surface area contributed by atoms with E-state index in [0.29, 0.717) is 29.7 Å². The molecule has 1 aliphatic heterocycles. The largest absolute Gasteiger partial charge is 0.463 e. The average molecular weight is 326 g/mol. The average Bonchev–Trinajstić information content (AvgIpc) is 3.26. The van der Waals surface area contributed by atoms with Gasteiger partial charge in [-0.25, -0.2) is 9.97 Å². The van der Waals surface area contributed by atoms with Crippen LogP contribution >= 0.6 is 0 Å². The number of hydrogen-bond donors (Lipinski definition) is 1. The first-order chi connectivity index (χ1) is 11.7. The summed E-state index contributed by atoms with van der Waals surface area (Å²) in [6, 6.07) is 5.51. The lowest BCUT2D eigenvalue weighted by atomic mass is 10.1. The van der Waals surface area contributed by atoms with Gasteiger partial charge in [-0.05, 0) is 31.9 Å². The number of piperidine rings is 1. The van der Waals surface area contributed by atoms with E-state index in [1.165, 1.54) is 0 Å². The number of rotatable bonds is 3. The van der Waals surface area contributed by atoms with E-state index in [-0.39, 0.29) is 6.10 Å². The molecule has 7 nitrogen and oxygen atoms in total. The molecule has 7 heteroatoms. The molecule has 0 aliphatic carbocycles. The van der Waals surface area contributed by atoms with Crippen LogP contribution in [0.4, 0.5) is 5.95 Å². The summed E-state index contributed by atoms with van der Waals surface area (Å²) in [7, 11) is 0. The molecule has 0 unspecified atom stereocenters. The van der Waals surface area contributed by atoms with Crippen molar-refractivity contribution in [2.45, 2.75) is 25.9 Å². The molecule has 124 valence electrons. The number of aromatic nitrogens is 3. The third-order valence-corrected chi connectivity index (χ3v) is 4.10. The Morgan fingerprint density at radius 1 is 1.33 bits per heavy atom. The first kappa shape index (κ1) is 14.9. The molecule has 3 aromatic rings. The number of β-amino-alcohol motifs (C(OH)–C–C–N with tert-alkyl or cyclic N) is 1. The van der Waals surface area contributed by atoms with E-state index >= 15 is 0 Å². The van der Waals surface area contributed by atoms with Gasteiger partial charge in [0.1, 0.15) is 5.69 Å². The van der Waals surface area contributed by atoms with Gasteiger partial charge in [0.05, 0.1) is 23.6 Å². The number of aryl methyl sites for hydroxylation is 1. The summed E-state index contributed by atoms with van der Waals surface area (Å²) in [6.07, 6.45) is 4.73. The molecular weight excluding hydrogens is 308 g/mol. The van der Waals surface area contributed by atoms with Crippen molar-refractivity contribution in [1.82, 2.24) is 15.1 Å². The second kappa shape index (κ2) is 6.09. The summed E-state index contributed by atoms with van der Waals surface area (Å²) >= 11 is 0. The molecule has 1 N–H and O–H groups in total. The molecule has 4 rings (SSSR count). The van der Waals surface area contributed by atoms with Crippen LogP contribution in [0, 0.1) is 6.92 Å². The molecule has 3 aromatic heterocycles. The minimum absolute atomic E-state index is 0.342. The van der Waals surface area contributed by atoms with Crippen molar-refractivity contribution in [2.75, 3.05) is 18.0 Å². The number of nitrogens with zero attached hydrogens (tertiary/aromatic N) is 4. The van der Waals surface area contributed by atoms with Crippen molar-refractivity contribution in [3.63, 3.8) is 0 Å². The summed E-state index contributed by atoms with van der Waals surface area (Å²) in [4.78, 5) is 11.1. The van der Waals surface area contributed by atoms with Gasteiger partial charge >= 0.3 is 0 Å². The second-order valence-corrected chi connectivity index (χ2v) is 5.98. The Bertz CT molecular complexity index is 828. The third kappa shape index (κ3) is 2.78. The Kier molecular flexibility index (Phi) is 3.78. The van der Waals surface area contributed by atoms with Crippen molar-refractivity contribution in [2.24, 2.45) is 0 Å². The second-order valence-electron chi connectivity index (χ2n) is 5.98. The molecule has 1 aliphatic rings. The van der Waals surface area contributed by atoms with Crippen LogP contribution in [0.15, 0.2) is 39.6 Å². The van der Waals surface area contributed by atoms with E-state index in [2.05, 4.69) is 15.1 Å². The highest BCUT2D eigenvalue weighted by Gasteiger charge is 2.23. The van der Waals surface area contributed by atoms with E-state index in [1.54, 1.807) is 12.5 Å². The molecule has 0 saturated carbocycles. The zero-order chi connectivity index (χ0) is 16.5. The molecular formula is C17H18N4O3. The van der Waals surface area contributed by atoms with Crippen LogP contribution in [0.3, 0.4) is 0 Å². The Morgan fingerprint density at radius 3 is 2.96 bits per heavy atom. The Morgan fingerprint density at radius 2 is 2.25 bits per heavy atom. The molecule has 4 heterocycles. The molecule has 24 heavy (non-hydrogen) atoms. The lowest BCUT2D eigenvalue weighted by Gasteiger charge is -2.30. The quantitative estimate of drug-likeness (QED) is 0.791. The number of furan rings is 1. The van der Waals surface area contributed by atoms with Crippen molar-refractivity contribution in [3.05, 3.63) is 36.4 Å². The minimum Gasteiger partial charge on any atom is -0.463 e. The molecule has 1 fully saturated rings. The molecule has 0 bridgehead atoms. The van der Waals surface area contributed by atoms with Gasteiger partial charge in [0.15, 0.2) is 11.5 Å². The lowest BCUT2D eigenvalue weighted by Crippen LogP contribution is -2.39. The molecule has 0 radical (unpaired) electrons. The van der Waals surface area contributed by atoms with E-state index in [1.807, 2.05) is 30.0 Å². The van der Waals surface area contributed by atoms with Gasteiger partial charge in [0, 0.05) is 25.4 Å². The molecule has 0 spiro atoms. The van der Waals surface area contributed by atoms with Crippen LogP contribution in [-0.4, -0.2) is 39.4 Å². The van der Waals surface area contributed by atoms with Crippen LogP contribution in [0.25, 0.3) is 22.8 Å². The maximum Gasteiger partial charge on any atom is 0.226 e. The molecule has 0 aromatic carbocycles. The van der Waals surface area contributed by atoms with E-state index in [0.717, 1.165) is 30.6 Å². The summed E-state index contributed by atoms with van der Waals surface area (Å²) < 4.78 is 10.9. The highest BCUT2D eigenvalue weighted by atomic mass is 16.5.